The van der Waals surface area contributed by atoms with Crippen molar-refractivity contribution in [3.63, 3.8) is 0 Å². The molecule has 2 heterocycles. The molecule has 1 aromatic carbocycles. The molecule has 3 aliphatic rings. The summed E-state index contributed by atoms with van der Waals surface area (Å²) < 4.78 is 48.1. The van der Waals surface area contributed by atoms with Crippen molar-refractivity contribution in [2.75, 3.05) is 11.9 Å². The molecule has 2 aromatic rings. The zero-order valence-corrected chi connectivity index (χ0v) is 20.7. The number of benzene rings is 1. The highest BCUT2D eigenvalue weighted by atomic mass is 19.4. The first-order valence-electron chi connectivity index (χ1n) is 12.8. The fraction of sp³-hybridized carbons (Fsp3) is 0.654. The number of hydrogen-bond donors (Lipinski definition) is 2. The summed E-state index contributed by atoms with van der Waals surface area (Å²) in [6, 6.07) is 7.17. The van der Waals surface area contributed by atoms with E-state index in [-0.39, 0.29) is 11.8 Å². The van der Waals surface area contributed by atoms with Crippen LogP contribution in [0, 0.1) is 0 Å². The Morgan fingerprint density at radius 2 is 1.64 bits per heavy atom. The SMILES string of the molecule is CC1(C)COC2(CCC(NC3CCC(Nc4ccnc5ccc(OC(F)(F)F)cc45)CC3)CC2)OO1. The molecule has 0 bridgehead atoms. The van der Waals surface area contributed by atoms with E-state index in [1.54, 1.807) is 12.3 Å². The molecular weight excluding hydrogens is 475 g/mol. The third-order valence-electron chi connectivity index (χ3n) is 7.35. The van der Waals surface area contributed by atoms with Crippen LogP contribution in [-0.4, -0.2) is 47.5 Å². The zero-order chi connectivity index (χ0) is 25.4. The Labute approximate surface area is 208 Å². The smallest absolute Gasteiger partial charge is 0.406 e. The van der Waals surface area contributed by atoms with Crippen LogP contribution < -0.4 is 15.4 Å². The summed E-state index contributed by atoms with van der Waals surface area (Å²) in [4.78, 5) is 15.5. The van der Waals surface area contributed by atoms with Gasteiger partial charge in [-0.2, -0.15) is 0 Å². The summed E-state index contributed by atoms with van der Waals surface area (Å²) in [5.74, 6) is -0.847. The summed E-state index contributed by atoms with van der Waals surface area (Å²) in [5, 5.41) is 7.98. The maximum Gasteiger partial charge on any atom is 0.573 e. The predicted octanol–water partition coefficient (Wildman–Crippen LogP) is 5.84. The lowest BCUT2D eigenvalue weighted by Crippen LogP contribution is -2.53. The van der Waals surface area contributed by atoms with Crippen molar-refractivity contribution in [2.45, 2.75) is 101 Å². The Balaban J connectivity index is 1.11. The average Bonchev–Trinajstić information content (AvgIpc) is 2.83. The zero-order valence-electron chi connectivity index (χ0n) is 20.7. The van der Waals surface area contributed by atoms with Crippen LogP contribution in [0.3, 0.4) is 0 Å². The lowest BCUT2D eigenvalue weighted by atomic mass is 9.86. The quantitative estimate of drug-likeness (QED) is 0.491. The minimum Gasteiger partial charge on any atom is -0.406 e. The van der Waals surface area contributed by atoms with E-state index in [9.17, 15) is 13.2 Å². The second-order valence-electron chi connectivity index (χ2n) is 10.8. The molecule has 3 fully saturated rings. The van der Waals surface area contributed by atoms with Gasteiger partial charge in [-0.05, 0) is 76.6 Å². The van der Waals surface area contributed by atoms with Crippen molar-refractivity contribution in [3.8, 4) is 5.75 Å². The van der Waals surface area contributed by atoms with Crippen molar-refractivity contribution in [1.29, 1.82) is 0 Å². The average molecular weight is 510 g/mol. The van der Waals surface area contributed by atoms with Gasteiger partial charge in [0.15, 0.2) is 0 Å². The highest BCUT2D eigenvalue weighted by Crippen LogP contribution is 2.39. The topological polar surface area (TPSA) is 73.9 Å². The highest BCUT2D eigenvalue weighted by Gasteiger charge is 2.45. The first kappa shape index (κ1) is 25.5. The molecule has 1 spiro atoms. The van der Waals surface area contributed by atoms with Crippen LogP contribution in [0.4, 0.5) is 18.9 Å². The Kier molecular flexibility index (Phi) is 7.06. The largest absolute Gasteiger partial charge is 0.573 e. The minimum absolute atomic E-state index is 0.243. The molecule has 0 radical (unpaired) electrons. The van der Waals surface area contributed by atoms with Crippen LogP contribution in [0.1, 0.15) is 65.2 Å². The van der Waals surface area contributed by atoms with E-state index in [4.69, 9.17) is 14.5 Å². The molecule has 7 nitrogen and oxygen atoms in total. The highest BCUT2D eigenvalue weighted by molar-refractivity contribution is 5.92. The van der Waals surface area contributed by atoms with Crippen LogP contribution in [0.2, 0.25) is 0 Å². The van der Waals surface area contributed by atoms with Crippen molar-refractivity contribution in [3.05, 3.63) is 30.5 Å². The minimum atomic E-state index is -4.73. The molecule has 198 valence electrons. The van der Waals surface area contributed by atoms with E-state index >= 15 is 0 Å². The molecule has 2 saturated carbocycles. The normalized spacial score (nSPS) is 30.9. The molecule has 36 heavy (non-hydrogen) atoms. The van der Waals surface area contributed by atoms with Crippen LogP contribution in [0.25, 0.3) is 10.9 Å². The Hall–Kier alpha value is -2.14. The van der Waals surface area contributed by atoms with Gasteiger partial charge in [0.25, 0.3) is 0 Å². The van der Waals surface area contributed by atoms with Crippen LogP contribution >= 0.6 is 0 Å². The van der Waals surface area contributed by atoms with Gasteiger partial charge in [0, 0.05) is 48.2 Å². The van der Waals surface area contributed by atoms with Gasteiger partial charge >= 0.3 is 6.36 Å². The third-order valence-corrected chi connectivity index (χ3v) is 7.35. The van der Waals surface area contributed by atoms with E-state index in [1.165, 1.54) is 12.1 Å². The lowest BCUT2D eigenvalue weighted by molar-refractivity contribution is -0.511. The van der Waals surface area contributed by atoms with Gasteiger partial charge in [-0.15, -0.1) is 13.2 Å². The number of alkyl halides is 3. The second kappa shape index (κ2) is 9.96. The van der Waals surface area contributed by atoms with Crippen molar-refractivity contribution in [2.24, 2.45) is 0 Å². The van der Waals surface area contributed by atoms with Crippen molar-refractivity contribution in [1.82, 2.24) is 10.3 Å². The second-order valence-corrected chi connectivity index (χ2v) is 10.8. The summed E-state index contributed by atoms with van der Waals surface area (Å²) in [7, 11) is 0. The number of halogens is 3. The van der Waals surface area contributed by atoms with E-state index in [0.717, 1.165) is 57.1 Å². The summed E-state index contributed by atoms with van der Waals surface area (Å²) in [6.45, 7) is 4.44. The molecule has 0 amide bonds. The number of nitrogens with one attached hydrogen (secondary N) is 2. The number of nitrogens with zero attached hydrogens (tertiary/aromatic N) is 1. The first-order valence-corrected chi connectivity index (χ1v) is 12.8. The van der Waals surface area contributed by atoms with Gasteiger partial charge in [-0.25, -0.2) is 9.78 Å². The van der Waals surface area contributed by atoms with E-state index in [2.05, 4.69) is 20.4 Å². The van der Waals surface area contributed by atoms with Crippen molar-refractivity contribution < 1.29 is 32.4 Å². The van der Waals surface area contributed by atoms with E-state index in [0.29, 0.717) is 29.6 Å². The van der Waals surface area contributed by atoms with Crippen molar-refractivity contribution >= 4 is 16.6 Å². The molecule has 5 rings (SSSR count). The van der Waals surface area contributed by atoms with Crippen LogP contribution in [0.15, 0.2) is 30.5 Å². The Morgan fingerprint density at radius 1 is 0.944 bits per heavy atom. The summed E-state index contributed by atoms with van der Waals surface area (Å²) in [5.41, 5.74) is 0.994. The fourth-order valence-electron chi connectivity index (χ4n) is 5.40. The number of aromatic nitrogens is 1. The van der Waals surface area contributed by atoms with Gasteiger partial charge in [0.2, 0.25) is 5.79 Å². The van der Waals surface area contributed by atoms with E-state index in [1.807, 2.05) is 19.9 Å². The molecule has 10 heteroatoms. The first-order chi connectivity index (χ1) is 17.1. The molecule has 2 N–H and O–H groups in total. The maximum atomic E-state index is 12.7. The van der Waals surface area contributed by atoms with Crippen LogP contribution in [0.5, 0.6) is 5.75 Å². The molecule has 0 unspecified atom stereocenters. The molecular formula is C26H34F3N3O4. The monoisotopic (exact) mass is 509 g/mol. The standard InChI is InChI=1S/C26H34F3N3O4/c1-24(2)16-33-25(36-35-24)12-9-19(10-13-25)31-17-3-5-18(6-4-17)32-23-11-14-30-22-8-7-20(15-21(22)23)34-26(27,28)29/h7-8,11,14-15,17-19,31H,3-6,9-10,12-13,16H2,1-2H3,(H,30,32). The Morgan fingerprint density at radius 3 is 2.31 bits per heavy atom. The van der Waals surface area contributed by atoms with Crippen LogP contribution in [-0.2, 0) is 14.5 Å². The van der Waals surface area contributed by atoms with Gasteiger partial charge in [-0.1, -0.05) is 0 Å². The Bertz CT molecular complexity index is 1040. The number of fused-ring (bicyclic) bond motifs is 1. The predicted molar refractivity (Wildman–Crippen MR) is 128 cm³/mol. The molecule has 1 aromatic heterocycles. The number of anilines is 1. The molecule has 0 atom stereocenters. The lowest BCUT2D eigenvalue weighted by Gasteiger charge is -2.45. The summed E-state index contributed by atoms with van der Waals surface area (Å²) >= 11 is 0. The third kappa shape index (κ3) is 6.22. The van der Waals surface area contributed by atoms with Gasteiger partial charge in [0.05, 0.1) is 12.1 Å². The fourth-order valence-corrected chi connectivity index (χ4v) is 5.40. The van der Waals surface area contributed by atoms with Gasteiger partial charge in [-0.3, -0.25) is 4.98 Å². The van der Waals surface area contributed by atoms with Gasteiger partial charge < -0.3 is 20.1 Å². The summed E-state index contributed by atoms with van der Waals surface area (Å²) in [6.07, 6.45) is 4.56. The molecule has 1 aliphatic heterocycles. The number of pyridine rings is 1. The number of rotatable bonds is 5. The number of ether oxygens (including phenoxy) is 2. The maximum absolute atomic E-state index is 12.7. The molecule has 1 saturated heterocycles. The van der Waals surface area contributed by atoms with Gasteiger partial charge in [0.1, 0.15) is 11.4 Å². The molecule has 2 aliphatic carbocycles. The number of hydrogen-bond acceptors (Lipinski definition) is 7. The van der Waals surface area contributed by atoms with E-state index < -0.39 is 17.8 Å².